The summed E-state index contributed by atoms with van der Waals surface area (Å²) in [6.45, 7) is 3.44. The lowest BCUT2D eigenvalue weighted by molar-refractivity contribution is -0.128. The Hall–Kier alpha value is -1.84. The standard InChI is InChI=1S/C16H22N2O2/c1-3-4-10-18-12-13(11-15(18)19)16(20)17(2)14-8-6-5-7-9-14/h5-9,13H,3-4,10-12H2,1-2H3. The first-order valence-corrected chi connectivity index (χ1v) is 7.24. The van der Waals surface area contributed by atoms with Crippen molar-refractivity contribution in [3.8, 4) is 0 Å². The van der Waals surface area contributed by atoms with E-state index in [4.69, 9.17) is 0 Å². The maximum absolute atomic E-state index is 12.5. The van der Waals surface area contributed by atoms with Gasteiger partial charge < -0.3 is 9.80 Å². The van der Waals surface area contributed by atoms with Crippen LogP contribution in [-0.2, 0) is 9.59 Å². The van der Waals surface area contributed by atoms with Crippen LogP contribution in [0, 0.1) is 5.92 Å². The van der Waals surface area contributed by atoms with Crippen molar-refractivity contribution < 1.29 is 9.59 Å². The molecule has 0 bridgehead atoms. The molecule has 0 aromatic heterocycles. The molecule has 2 rings (SSSR count). The summed E-state index contributed by atoms with van der Waals surface area (Å²) < 4.78 is 0. The predicted molar refractivity (Wildman–Crippen MR) is 79.4 cm³/mol. The molecule has 1 aromatic rings. The maximum atomic E-state index is 12.5. The highest BCUT2D eigenvalue weighted by Crippen LogP contribution is 2.22. The highest BCUT2D eigenvalue weighted by Gasteiger charge is 2.35. The van der Waals surface area contributed by atoms with E-state index in [-0.39, 0.29) is 17.7 Å². The maximum Gasteiger partial charge on any atom is 0.232 e. The van der Waals surface area contributed by atoms with Crippen molar-refractivity contribution in [1.29, 1.82) is 0 Å². The topological polar surface area (TPSA) is 40.6 Å². The molecule has 1 fully saturated rings. The molecular formula is C16H22N2O2. The number of hydrogen-bond acceptors (Lipinski definition) is 2. The van der Waals surface area contributed by atoms with Gasteiger partial charge in [0.05, 0.1) is 5.92 Å². The Bertz CT molecular complexity index is 473. The molecule has 1 aliphatic heterocycles. The van der Waals surface area contributed by atoms with Crippen LogP contribution in [0.3, 0.4) is 0 Å². The van der Waals surface area contributed by atoms with E-state index in [1.807, 2.05) is 35.2 Å². The van der Waals surface area contributed by atoms with E-state index in [0.29, 0.717) is 13.0 Å². The second-order valence-corrected chi connectivity index (χ2v) is 5.33. The summed E-state index contributed by atoms with van der Waals surface area (Å²) in [6.07, 6.45) is 2.41. The Morgan fingerprint density at radius 1 is 1.35 bits per heavy atom. The van der Waals surface area contributed by atoms with E-state index in [1.54, 1.807) is 11.9 Å². The fourth-order valence-corrected chi connectivity index (χ4v) is 2.56. The number of rotatable bonds is 5. The molecule has 1 unspecified atom stereocenters. The van der Waals surface area contributed by atoms with Crippen molar-refractivity contribution >= 4 is 17.5 Å². The van der Waals surface area contributed by atoms with Crippen LogP contribution in [0.1, 0.15) is 26.2 Å². The third-order valence-corrected chi connectivity index (χ3v) is 3.82. The van der Waals surface area contributed by atoms with Gasteiger partial charge >= 0.3 is 0 Å². The highest BCUT2D eigenvalue weighted by atomic mass is 16.2. The smallest absolute Gasteiger partial charge is 0.232 e. The lowest BCUT2D eigenvalue weighted by Crippen LogP contribution is -2.34. The van der Waals surface area contributed by atoms with Crippen molar-refractivity contribution in [2.75, 3.05) is 25.0 Å². The summed E-state index contributed by atoms with van der Waals surface area (Å²) in [7, 11) is 1.77. The third kappa shape index (κ3) is 3.18. The first-order chi connectivity index (χ1) is 9.63. The minimum absolute atomic E-state index is 0.0311. The first kappa shape index (κ1) is 14.6. The highest BCUT2D eigenvalue weighted by molar-refractivity contribution is 5.98. The average molecular weight is 274 g/mol. The Morgan fingerprint density at radius 3 is 2.70 bits per heavy atom. The minimum atomic E-state index is -0.204. The van der Waals surface area contributed by atoms with Gasteiger partial charge in [-0.3, -0.25) is 9.59 Å². The summed E-state index contributed by atoms with van der Waals surface area (Å²) in [6, 6.07) is 9.55. The van der Waals surface area contributed by atoms with Crippen LogP contribution in [0.25, 0.3) is 0 Å². The SMILES string of the molecule is CCCCN1CC(C(=O)N(C)c2ccccc2)CC1=O. The fraction of sp³-hybridized carbons (Fsp3) is 0.500. The Labute approximate surface area is 120 Å². The lowest BCUT2D eigenvalue weighted by Gasteiger charge is -2.21. The van der Waals surface area contributed by atoms with E-state index in [0.717, 1.165) is 25.1 Å². The molecule has 0 saturated carbocycles. The Kier molecular flexibility index (Phi) is 4.77. The molecule has 4 nitrogen and oxygen atoms in total. The number of hydrogen-bond donors (Lipinski definition) is 0. The quantitative estimate of drug-likeness (QED) is 0.826. The number of benzene rings is 1. The molecule has 1 aromatic carbocycles. The van der Waals surface area contributed by atoms with Crippen LogP contribution in [0.4, 0.5) is 5.69 Å². The summed E-state index contributed by atoms with van der Waals surface area (Å²) in [5.74, 6) is -0.0635. The van der Waals surface area contributed by atoms with Crippen molar-refractivity contribution in [3.05, 3.63) is 30.3 Å². The Morgan fingerprint density at radius 2 is 2.05 bits per heavy atom. The van der Waals surface area contributed by atoms with Crippen molar-refractivity contribution in [2.24, 2.45) is 5.92 Å². The lowest BCUT2D eigenvalue weighted by atomic mass is 10.1. The number of anilines is 1. The molecule has 2 amide bonds. The molecule has 4 heteroatoms. The molecule has 1 aliphatic rings. The molecule has 0 N–H and O–H groups in total. The van der Waals surface area contributed by atoms with E-state index in [9.17, 15) is 9.59 Å². The zero-order valence-corrected chi connectivity index (χ0v) is 12.2. The minimum Gasteiger partial charge on any atom is -0.342 e. The summed E-state index contributed by atoms with van der Waals surface area (Å²) >= 11 is 0. The number of unbranched alkanes of at least 4 members (excludes halogenated alkanes) is 1. The van der Waals surface area contributed by atoms with Crippen LogP contribution in [-0.4, -0.2) is 36.9 Å². The fourth-order valence-electron chi connectivity index (χ4n) is 2.56. The van der Waals surface area contributed by atoms with E-state index in [2.05, 4.69) is 6.92 Å². The number of para-hydroxylation sites is 1. The second kappa shape index (κ2) is 6.55. The number of likely N-dealkylation sites (tertiary alicyclic amines) is 1. The van der Waals surface area contributed by atoms with Gasteiger partial charge in [0, 0.05) is 32.2 Å². The van der Waals surface area contributed by atoms with Gasteiger partial charge in [-0.2, -0.15) is 0 Å². The molecule has 1 heterocycles. The van der Waals surface area contributed by atoms with E-state index < -0.39 is 0 Å². The van der Waals surface area contributed by atoms with Crippen LogP contribution in [0.2, 0.25) is 0 Å². The summed E-state index contributed by atoms with van der Waals surface area (Å²) in [4.78, 5) is 27.8. The summed E-state index contributed by atoms with van der Waals surface area (Å²) in [5.41, 5.74) is 0.872. The third-order valence-electron chi connectivity index (χ3n) is 3.82. The molecule has 0 spiro atoms. The molecule has 20 heavy (non-hydrogen) atoms. The summed E-state index contributed by atoms with van der Waals surface area (Å²) in [5, 5.41) is 0. The van der Waals surface area contributed by atoms with Gasteiger partial charge in [0.15, 0.2) is 0 Å². The molecule has 1 saturated heterocycles. The first-order valence-electron chi connectivity index (χ1n) is 7.24. The predicted octanol–water partition coefficient (Wildman–Crippen LogP) is 2.30. The molecule has 0 radical (unpaired) electrons. The van der Waals surface area contributed by atoms with Crippen molar-refractivity contribution in [2.45, 2.75) is 26.2 Å². The van der Waals surface area contributed by atoms with E-state index in [1.165, 1.54) is 0 Å². The average Bonchev–Trinajstić information content (AvgIpc) is 2.85. The molecule has 1 atom stereocenters. The number of amides is 2. The van der Waals surface area contributed by atoms with Gasteiger partial charge in [-0.25, -0.2) is 0 Å². The van der Waals surface area contributed by atoms with Crippen molar-refractivity contribution in [1.82, 2.24) is 4.90 Å². The zero-order chi connectivity index (χ0) is 14.5. The van der Waals surface area contributed by atoms with Gasteiger partial charge in [-0.1, -0.05) is 31.5 Å². The van der Waals surface area contributed by atoms with Gasteiger partial charge in [0.2, 0.25) is 11.8 Å². The molecule has 108 valence electrons. The van der Waals surface area contributed by atoms with E-state index >= 15 is 0 Å². The van der Waals surface area contributed by atoms with Crippen LogP contribution < -0.4 is 4.90 Å². The van der Waals surface area contributed by atoms with Crippen LogP contribution in [0.15, 0.2) is 30.3 Å². The Balaban J connectivity index is 1.98. The van der Waals surface area contributed by atoms with Gasteiger partial charge in [0.1, 0.15) is 0 Å². The zero-order valence-electron chi connectivity index (χ0n) is 12.2. The van der Waals surface area contributed by atoms with Crippen LogP contribution >= 0.6 is 0 Å². The van der Waals surface area contributed by atoms with Gasteiger partial charge in [-0.05, 0) is 18.6 Å². The monoisotopic (exact) mass is 274 g/mol. The normalized spacial score (nSPS) is 18.4. The largest absolute Gasteiger partial charge is 0.342 e. The number of nitrogens with zero attached hydrogens (tertiary/aromatic N) is 2. The number of carbonyl (C=O) groups excluding carboxylic acids is 2. The van der Waals surface area contributed by atoms with Gasteiger partial charge in [-0.15, -0.1) is 0 Å². The van der Waals surface area contributed by atoms with Crippen LogP contribution in [0.5, 0.6) is 0 Å². The van der Waals surface area contributed by atoms with Gasteiger partial charge in [0.25, 0.3) is 0 Å². The number of carbonyl (C=O) groups is 2. The second-order valence-electron chi connectivity index (χ2n) is 5.33. The molecule has 0 aliphatic carbocycles. The molecular weight excluding hydrogens is 252 g/mol. The van der Waals surface area contributed by atoms with Crippen molar-refractivity contribution in [3.63, 3.8) is 0 Å².